The van der Waals surface area contributed by atoms with Crippen LogP contribution in [0.2, 0.25) is 5.02 Å². The first kappa shape index (κ1) is 23.5. The number of hydrogen-bond donors (Lipinski definition) is 1. The fraction of sp³-hybridized carbons (Fsp3) is 0.368. The van der Waals surface area contributed by atoms with E-state index >= 15 is 0 Å². The van der Waals surface area contributed by atoms with E-state index in [1.165, 1.54) is 56.6 Å². The summed E-state index contributed by atoms with van der Waals surface area (Å²) in [7, 11) is -5.03. The van der Waals surface area contributed by atoms with Crippen LogP contribution in [0.15, 0.2) is 52.3 Å². The second-order valence-electron chi connectivity index (χ2n) is 6.84. The van der Waals surface area contributed by atoms with Crippen molar-refractivity contribution in [2.75, 3.05) is 25.0 Å². The minimum atomic E-state index is -3.95. The van der Waals surface area contributed by atoms with Gasteiger partial charge in [0.05, 0.1) is 22.6 Å². The smallest absolute Gasteiger partial charge is 0.264 e. The monoisotopic (exact) mass is 460 g/mol. The molecule has 2 rings (SSSR count). The maximum Gasteiger partial charge on any atom is 0.264 e. The number of sulfonamides is 2. The van der Waals surface area contributed by atoms with Gasteiger partial charge in [-0.25, -0.2) is 21.6 Å². The van der Waals surface area contributed by atoms with E-state index < -0.39 is 20.0 Å². The number of nitrogens with zero attached hydrogens (tertiary/aromatic N) is 1. The van der Waals surface area contributed by atoms with E-state index in [2.05, 4.69) is 4.72 Å². The summed E-state index contributed by atoms with van der Waals surface area (Å²) in [5.41, 5.74) is 0.106. The normalized spacial score (nSPS) is 12.2. The van der Waals surface area contributed by atoms with Crippen LogP contribution in [0, 0.1) is 5.92 Å². The van der Waals surface area contributed by atoms with Gasteiger partial charge in [-0.3, -0.25) is 4.31 Å². The molecule has 0 aromatic heterocycles. The Labute approximate surface area is 177 Å². The molecule has 0 saturated heterocycles. The van der Waals surface area contributed by atoms with Gasteiger partial charge in [0, 0.05) is 18.6 Å². The number of halogens is 1. The Balaban J connectivity index is 2.43. The van der Waals surface area contributed by atoms with Crippen LogP contribution in [0.4, 0.5) is 5.69 Å². The standard InChI is InChI=1S/C19H25ClN2O5S2/c1-14(2)11-12-21-28(23,24)17-9-10-19(27-4)18(13-17)22(3)29(25,26)16-7-5-15(20)6-8-16/h5-10,13-14,21H,11-12H2,1-4H3. The van der Waals surface area contributed by atoms with Crippen molar-refractivity contribution in [3.63, 3.8) is 0 Å². The van der Waals surface area contributed by atoms with Crippen molar-refractivity contribution in [2.45, 2.75) is 30.1 Å². The molecule has 7 nitrogen and oxygen atoms in total. The van der Waals surface area contributed by atoms with Gasteiger partial charge in [0.2, 0.25) is 10.0 Å². The largest absolute Gasteiger partial charge is 0.495 e. The van der Waals surface area contributed by atoms with E-state index in [1.807, 2.05) is 13.8 Å². The molecule has 0 fully saturated rings. The van der Waals surface area contributed by atoms with Crippen LogP contribution in [0.3, 0.4) is 0 Å². The number of nitrogens with one attached hydrogen (secondary N) is 1. The Bertz CT molecular complexity index is 1050. The van der Waals surface area contributed by atoms with Gasteiger partial charge in [0.25, 0.3) is 10.0 Å². The molecule has 160 valence electrons. The number of benzene rings is 2. The molecule has 0 aliphatic heterocycles. The van der Waals surface area contributed by atoms with Gasteiger partial charge in [-0.15, -0.1) is 0 Å². The van der Waals surface area contributed by atoms with Crippen LogP contribution in [0.5, 0.6) is 5.75 Å². The minimum Gasteiger partial charge on any atom is -0.495 e. The topological polar surface area (TPSA) is 92.8 Å². The lowest BCUT2D eigenvalue weighted by Crippen LogP contribution is -2.28. The van der Waals surface area contributed by atoms with Crippen LogP contribution in [0.1, 0.15) is 20.3 Å². The zero-order valence-electron chi connectivity index (χ0n) is 16.7. The van der Waals surface area contributed by atoms with Crippen LogP contribution in [-0.2, 0) is 20.0 Å². The molecule has 0 bridgehead atoms. The summed E-state index contributed by atoms with van der Waals surface area (Å²) in [5.74, 6) is 0.575. The highest BCUT2D eigenvalue weighted by atomic mass is 35.5. The van der Waals surface area contributed by atoms with Crippen LogP contribution in [-0.4, -0.2) is 37.5 Å². The second kappa shape index (κ2) is 9.34. The molecule has 0 atom stereocenters. The number of methoxy groups -OCH3 is 1. The highest BCUT2D eigenvalue weighted by Gasteiger charge is 2.26. The molecule has 10 heteroatoms. The van der Waals surface area contributed by atoms with Crippen molar-refractivity contribution in [1.29, 1.82) is 0 Å². The first-order chi connectivity index (χ1) is 13.5. The number of hydrogen-bond acceptors (Lipinski definition) is 5. The fourth-order valence-corrected chi connectivity index (χ4v) is 4.93. The summed E-state index contributed by atoms with van der Waals surface area (Å²) in [4.78, 5) is -0.0232. The Kier molecular flexibility index (Phi) is 7.56. The SMILES string of the molecule is COc1ccc(S(=O)(=O)NCCC(C)C)cc1N(C)S(=O)(=O)c1ccc(Cl)cc1. The zero-order valence-corrected chi connectivity index (χ0v) is 19.1. The molecule has 0 radical (unpaired) electrons. The Morgan fingerprint density at radius 3 is 2.17 bits per heavy atom. The molecule has 0 amide bonds. The average Bonchev–Trinajstić information content (AvgIpc) is 2.66. The summed E-state index contributed by atoms with van der Waals surface area (Å²) in [6.45, 7) is 4.28. The molecular weight excluding hydrogens is 436 g/mol. The predicted octanol–water partition coefficient (Wildman–Crippen LogP) is 3.50. The molecule has 0 saturated carbocycles. The maximum absolute atomic E-state index is 13.0. The van der Waals surface area contributed by atoms with Gasteiger partial charge < -0.3 is 4.74 Å². The average molecular weight is 461 g/mol. The first-order valence-corrected chi connectivity index (χ1v) is 12.2. The number of rotatable bonds is 9. The quantitative estimate of drug-likeness (QED) is 0.618. The molecule has 1 N–H and O–H groups in total. The number of ether oxygens (including phenoxy) is 1. The molecule has 0 spiro atoms. The van der Waals surface area contributed by atoms with Gasteiger partial charge in [0.15, 0.2) is 0 Å². The lowest BCUT2D eigenvalue weighted by molar-refractivity contribution is 0.415. The summed E-state index contributed by atoms with van der Waals surface area (Å²) in [6.07, 6.45) is 0.688. The molecule has 2 aromatic carbocycles. The third kappa shape index (κ3) is 5.63. The predicted molar refractivity (Wildman–Crippen MR) is 115 cm³/mol. The van der Waals surface area contributed by atoms with E-state index in [0.29, 0.717) is 23.9 Å². The van der Waals surface area contributed by atoms with E-state index in [9.17, 15) is 16.8 Å². The maximum atomic E-state index is 13.0. The van der Waals surface area contributed by atoms with Gasteiger partial charge in [-0.2, -0.15) is 0 Å². The molecule has 2 aromatic rings. The van der Waals surface area contributed by atoms with Crippen molar-refractivity contribution >= 4 is 37.3 Å². The van der Waals surface area contributed by atoms with Crippen LogP contribution >= 0.6 is 11.6 Å². The van der Waals surface area contributed by atoms with Gasteiger partial charge in [-0.1, -0.05) is 25.4 Å². The summed E-state index contributed by atoms with van der Waals surface area (Å²) >= 11 is 5.84. The van der Waals surface area contributed by atoms with Gasteiger partial charge >= 0.3 is 0 Å². The summed E-state index contributed by atoms with van der Waals surface area (Å²) in [6, 6.07) is 9.80. The van der Waals surface area contributed by atoms with E-state index in [4.69, 9.17) is 16.3 Å². The molecular formula is C19H25ClN2O5S2. The molecule has 0 heterocycles. The lowest BCUT2D eigenvalue weighted by Gasteiger charge is -2.22. The summed E-state index contributed by atoms with van der Waals surface area (Å²) < 4.78 is 60.0. The van der Waals surface area contributed by atoms with Crippen molar-refractivity contribution in [2.24, 2.45) is 5.92 Å². The van der Waals surface area contributed by atoms with Gasteiger partial charge in [-0.05, 0) is 54.8 Å². The van der Waals surface area contributed by atoms with Crippen molar-refractivity contribution in [1.82, 2.24) is 4.72 Å². The van der Waals surface area contributed by atoms with E-state index in [1.54, 1.807) is 0 Å². The molecule has 0 aliphatic rings. The third-order valence-electron chi connectivity index (χ3n) is 4.29. The highest BCUT2D eigenvalue weighted by Crippen LogP contribution is 2.33. The Morgan fingerprint density at radius 1 is 1.03 bits per heavy atom. The fourth-order valence-electron chi connectivity index (χ4n) is 2.54. The summed E-state index contributed by atoms with van der Waals surface area (Å²) in [5, 5.41) is 0.407. The second-order valence-corrected chi connectivity index (χ2v) is 11.0. The Morgan fingerprint density at radius 2 is 1.62 bits per heavy atom. The first-order valence-electron chi connectivity index (χ1n) is 8.91. The van der Waals surface area contributed by atoms with Gasteiger partial charge in [0.1, 0.15) is 5.75 Å². The Hall–Kier alpha value is -1.81. The minimum absolute atomic E-state index is 0.0229. The highest BCUT2D eigenvalue weighted by molar-refractivity contribution is 7.92. The van der Waals surface area contributed by atoms with Crippen molar-refractivity contribution < 1.29 is 21.6 Å². The number of anilines is 1. The third-order valence-corrected chi connectivity index (χ3v) is 7.78. The van der Waals surface area contributed by atoms with E-state index in [0.717, 1.165) is 4.31 Å². The zero-order chi connectivity index (χ0) is 21.8. The molecule has 0 aliphatic carbocycles. The molecule has 0 unspecified atom stereocenters. The van der Waals surface area contributed by atoms with Crippen LogP contribution in [0.25, 0.3) is 0 Å². The van der Waals surface area contributed by atoms with E-state index in [-0.39, 0.29) is 21.2 Å². The van der Waals surface area contributed by atoms with Crippen molar-refractivity contribution in [3.8, 4) is 5.75 Å². The van der Waals surface area contributed by atoms with Crippen molar-refractivity contribution in [3.05, 3.63) is 47.5 Å². The lowest BCUT2D eigenvalue weighted by atomic mass is 10.1. The van der Waals surface area contributed by atoms with Crippen LogP contribution < -0.4 is 13.8 Å². The molecule has 29 heavy (non-hydrogen) atoms.